The third-order valence-corrected chi connectivity index (χ3v) is 12.7. The van der Waals surface area contributed by atoms with Crippen LogP contribution in [0.3, 0.4) is 0 Å². The summed E-state index contributed by atoms with van der Waals surface area (Å²) in [6.45, 7) is 5.96. The van der Waals surface area contributed by atoms with E-state index in [0.29, 0.717) is 19.3 Å². The summed E-state index contributed by atoms with van der Waals surface area (Å²) in [6.07, 6.45) is 31.0. The van der Waals surface area contributed by atoms with Crippen LogP contribution in [0.1, 0.15) is 265 Å². The first-order valence-corrected chi connectivity index (χ1v) is 27.0. The fourth-order valence-corrected chi connectivity index (χ4v) is 8.49. The van der Waals surface area contributed by atoms with Crippen molar-refractivity contribution in [2.45, 2.75) is 302 Å². The smallest absolute Gasteiger partial charge is 0.335 e. The van der Waals surface area contributed by atoms with E-state index >= 15 is 0 Å². The van der Waals surface area contributed by atoms with Crippen LogP contribution in [-0.2, 0) is 42.9 Å². The molecule has 0 saturated carbocycles. The molecular weight excluding hydrogens is 829 g/mol. The van der Waals surface area contributed by atoms with Crippen LogP contribution < -0.4 is 0 Å². The van der Waals surface area contributed by atoms with E-state index in [4.69, 9.17) is 23.7 Å². The van der Waals surface area contributed by atoms with Crippen molar-refractivity contribution in [2.24, 2.45) is 0 Å². The first kappa shape index (κ1) is 60.7. The molecule has 0 spiro atoms. The SMILES string of the molecule is CCCCCCCCCCCCCCCCCC(=O)OCC(COC1OC(C(=O)O)C(O)C(O)C1OC(=O)CCCCCCCCCCCCC)OC(=O)CCCCCCCCCCC. The van der Waals surface area contributed by atoms with Gasteiger partial charge in [0.2, 0.25) is 0 Å². The van der Waals surface area contributed by atoms with E-state index in [1.807, 2.05) is 0 Å². The number of carbonyl (C=O) groups is 4. The molecule has 1 heterocycles. The molecule has 6 unspecified atom stereocenters. The van der Waals surface area contributed by atoms with Crippen LogP contribution in [-0.4, -0.2) is 89.2 Å². The Labute approximate surface area is 395 Å². The molecule has 0 radical (unpaired) electrons. The Morgan fingerprint density at radius 1 is 0.446 bits per heavy atom. The van der Waals surface area contributed by atoms with Gasteiger partial charge in [-0.2, -0.15) is 0 Å². The zero-order valence-corrected chi connectivity index (χ0v) is 41.8. The highest BCUT2D eigenvalue weighted by molar-refractivity contribution is 5.74. The molecule has 1 saturated heterocycles. The predicted molar refractivity (Wildman–Crippen MR) is 257 cm³/mol. The predicted octanol–water partition coefficient (Wildman–Crippen LogP) is 12.8. The number of aliphatic carboxylic acids is 1. The van der Waals surface area contributed by atoms with Gasteiger partial charge in [0, 0.05) is 19.3 Å². The van der Waals surface area contributed by atoms with Gasteiger partial charge < -0.3 is 39.0 Å². The Kier molecular flexibility index (Phi) is 40.2. The molecule has 1 aliphatic rings. The van der Waals surface area contributed by atoms with Crippen LogP contribution in [0.2, 0.25) is 0 Å². The van der Waals surface area contributed by atoms with Crippen LogP contribution in [0, 0.1) is 0 Å². The minimum atomic E-state index is -1.89. The van der Waals surface area contributed by atoms with Crippen LogP contribution in [0.5, 0.6) is 0 Å². The van der Waals surface area contributed by atoms with Crippen LogP contribution in [0.25, 0.3) is 0 Å². The molecule has 1 aliphatic heterocycles. The molecule has 1 fully saturated rings. The zero-order valence-electron chi connectivity index (χ0n) is 41.8. The number of unbranched alkanes of at least 4 members (excludes halogenated alkanes) is 32. The number of esters is 3. The van der Waals surface area contributed by atoms with Crippen molar-refractivity contribution in [2.75, 3.05) is 13.2 Å². The van der Waals surface area contributed by atoms with Crippen molar-refractivity contribution in [3.05, 3.63) is 0 Å². The lowest BCUT2D eigenvalue weighted by Crippen LogP contribution is -2.61. The minimum Gasteiger partial charge on any atom is -0.479 e. The molecule has 65 heavy (non-hydrogen) atoms. The van der Waals surface area contributed by atoms with E-state index in [-0.39, 0.29) is 25.9 Å². The third-order valence-electron chi connectivity index (χ3n) is 12.7. The second-order valence-corrected chi connectivity index (χ2v) is 18.9. The molecule has 382 valence electrons. The maximum atomic E-state index is 13.0. The summed E-state index contributed by atoms with van der Waals surface area (Å²) >= 11 is 0. The third kappa shape index (κ3) is 33.8. The number of aliphatic hydroxyl groups excluding tert-OH is 2. The van der Waals surface area contributed by atoms with Gasteiger partial charge in [0.15, 0.2) is 24.6 Å². The highest BCUT2D eigenvalue weighted by Gasteiger charge is 2.50. The lowest BCUT2D eigenvalue weighted by molar-refractivity contribution is -0.301. The molecule has 0 bridgehead atoms. The monoisotopic (exact) mass is 927 g/mol. The summed E-state index contributed by atoms with van der Waals surface area (Å²) in [5.41, 5.74) is 0. The van der Waals surface area contributed by atoms with Crippen LogP contribution in [0.4, 0.5) is 0 Å². The highest BCUT2D eigenvalue weighted by atomic mass is 16.7. The Hall–Kier alpha value is -2.28. The number of hydrogen-bond donors (Lipinski definition) is 3. The Balaban J connectivity index is 2.68. The summed E-state index contributed by atoms with van der Waals surface area (Å²) in [6, 6.07) is 0. The van der Waals surface area contributed by atoms with Gasteiger partial charge in [-0.15, -0.1) is 0 Å². The summed E-state index contributed by atoms with van der Waals surface area (Å²) < 4.78 is 28.3. The second kappa shape index (κ2) is 43.0. The molecule has 0 amide bonds. The fourth-order valence-electron chi connectivity index (χ4n) is 8.49. The van der Waals surface area contributed by atoms with Crippen LogP contribution >= 0.6 is 0 Å². The van der Waals surface area contributed by atoms with Gasteiger partial charge in [0.1, 0.15) is 18.8 Å². The van der Waals surface area contributed by atoms with Crippen molar-refractivity contribution >= 4 is 23.9 Å². The number of carboxylic acids is 1. The largest absolute Gasteiger partial charge is 0.479 e. The van der Waals surface area contributed by atoms with Gasteiger partial charge in [-0.1, -0.05) is 226 Å². The molecule has 0 aromatic carbocycles. The number of hydrogen-bond acceptors (Lipinski definition) is 11. The first-order valence-electron chi connectivity index (χ1n) is 27.0. The first-order chi connectivity index (χ1) is 31.6. The van der Waals surface area contributed by atoms with E-state index in [2.05, 4.69) is 20.8 Å². The summed E-state index contributed by atoms with van der Waals surface area (Å²) in [5, 5.41) is 31.3. The van der Waals surface area contributed by atoms with E-state index < -0.39 is 67.3 Å². The average molecular weight is 927 g/mol. The standard InChI is InChI=1S/C53H98O12/c1-4-7-10-13-16-19-21-22-23-24-26-28-30-33-36-39-45(54)61-42-44(63-46(55)40-37-34-31-27-18-15-12-9-6-3)43-62-53-51(49(58)48(57)50(65-53)52(59)60)64-47(56)41-38-35-32-29-25-20-17-14-11-8-5-2/h44,48-51,53,57-58H,4-43H2,1-3H3,(H,59,60). The topological polar surface area (TPSA) is 175 Å². The second-order valence-electron chi connectivity index (χ2n) is 18.9. The maximum absolute atomic E-state index is 13.0. The molecule has 0 aliphatic carbocycles. The van der Waals surface area contributed by atoms with Crippen molar-refractivity contribution in [3.63, 3.8) is 0 Å². The van der Waals surface area contributed by atoms with Gasteiger partial charge in [-0.25, -0.2) is 4.79 Å². The van der Waals surface area contributed by atoms with Crippen molar-refractivity contribution in [1.82, 2.24) is 0 Å². The van der Waals surface area contributed by atoms with E-state index in [1.54, 1.807) is 0 Å². The van der Waals surface area contributed by atoms with Crippen molar-refractivity contribution < 1.29 is 58.2 Å². The molecule has 12 nitrogen and oxygen atoms in total. The van der Waals surface area contributed by atoms with Gasteiger partial charge in [-0.05, 0) is 19.3 Å². The van der Waals surface area contributed by atoms with E-state index in [0.717, 1.165) is 64.2 Å². The summed E-state index contributed by atoms with van der Waals surface area (Å²) in [4.78, 5) is 50.7. The van der Waals surface area contributed by atoms with Gasteiger partial charge in [-0.3, -0.25) is 14.4 Å². The molecule has 6 atom stereocenters. The molecule has 1 rings (SSSR count). The van der Waals surface area contributed by atoms with Gasteiger partial charge in [0.25, 0.3) is 0 Å². The molecule has 12 heteroatoms. The van der Waals surface area contributed by atoms with Crippen molar-refractivity contribution in [1.29, 1.82) is 0 Å². The van der Waals surface area contributed by atoms with Crippen molar-refractivity contribution in [3.8, 4) is 0 Å². The normalized spacial score (nSPS) is 18.9. The molecule has 0 aromatic heterocycles. The maximum Gasteiger partial charge on any atom is 0.335 e. The van der Waals surface area contributed by atoms with Crippen LogP contribution in [0.15, 0.2) is 0 Å². The van der Waals surface area contributed by atoms with Gasteiger partial charge >= 0.3 is 23.9 Å². The molecule has 0 aromatic rings. The minimum absolute atomic E-state index is 0.0693. The number of aliphatic hydroxyl groups is 2. The molecule has 3 N–H and O–H groups in total. The number of rotatable bonds is 46. The quantitative estimate of drug-likeness (QED) is 0.0300. The number of carbonyl (C=O) groups excluding carboxylic acids is 3. The average Bonchev–Trinajstić information content (AvgIpc) is 3.29. The van der Waals surface area contributed by atoms with E-state index in [1.165, 1.54) is 141 Å². The Bertz CT molecular complexity index is 1150. The molecular formula is C53H98O12. The van der Waals surface area contributed by atoms with E-state index in [9.17, 15) is 34.5 Å². The lowest BCUT2D eigenvalue weighted by atomic mass is 9.98. The summed E-state index contributed by atoms with van der Waals surface area (Å²) in [7, 11) is 0. The highest BCUT2D eigenvalue weighted by Crippen LogP contribution is 2.26. The Morgan fingerprint density at radius 2 is 0.785 bits per heavy atom. The zero-order chi connectivity index (χ0) is 47.6. The fraction of sp³-hybridized carbons (Fsp3) is 0.925. The summed E-state index contributed by atoms with van der Waals surface area (Å²) in [5.74, 6) is -3.09. The Morgan fingerprint density at radius 3 is 1.15 bits per heavy atom. The van der Waals surface area contributed by atoms with Gasteiger partial charge in [0.05, 0.1) is 6.61 Å². The number of ether oxygens (including phenoxy) is 5. The number of carboxylic acid groups (broad SMARTS) is 1. The lowest BCUT2D eigenvalue weighted by Gasteiger charge is -2.40.